The van der Waals surface area contributed by atoms with Gasteiger partial charge in [0.15, 0.2) is 0 Å². The van der Waals surface area contributed by atoms with Crippen LogP contribution in [0.15, 0.2) is 24.4 Å². The Bertz CT molecular complexity index is 319. The highest BCUT2D eigenvalue weighted by molar-refractivity contribution is 9.10. The van der Waals surface area contributed by atoms with Crippen LogP contribution in [0.5, 0.6) is 0 Å². The topological polar surface area (TPSA) is 33.2 Å². The van der Waals surface area contributed by atoms with Crippen LogP contribution in [0.2, 0.25) is 0 Å². The number of halogens is 1. The molecule has 0 fully saturated rings. The van der Waals surface area contributed by atoms with Gasteiger partial charge in [0, 0.05) is 11.6 Å². The first kappa shape index (κ1) is 11.2. The lowest BCUT2D eigenvalue weighted by Crippen LogP contribution is -2.33. The first-order chi connectivity index (χ1) is 6.43. The molecule has 1 heterocycles. The fraction of sp³-hybridized carbons (Fsp3) is 0.400. The predicted molar refractivity (Wildman–Crippen MR) is 60.1 cm³/mol. The van der Waals surface area contributed by atoms with Crippen LogP contribution in [0.25, 0.3) is 0 Å². The molecule has 76 valence electrons. The lowest BCUT2D eigenvalue weighted by molar-refractivity contribution is -0.124. The molecule has 0 aliphatic heterocycles. The van der Waals surface area contributed by atoms with Crippen molar-refractivity contribution in [2.45, 2.75) is 20.8 Å². The minimum atomic E-state index is -0.416. The smallest absolute Gasteiger partial charge is 0.243 e. The monoisotopic (exact) mass is 256 g/mol. The Hall–Kier alpha value is -0.900. The molecular formula is C10H13BrN2O. The molecule has 1 rings (SSSR count). The molecule has 0 spiro atoms. The van der Waals surface area contributed by atoms with Gasteiger partial charge >= 0.3 is 0 Å². The molecule has 0 saturated carbocycles. The van der Waals surface area contributed by atoms with Crippen LogP contribution < -0.4 is 3.93 Å². The average molecular weight is 257 g/mol. The van der Waals surface area contributed by atoms with Gasteiger partial charge in [-0.3, -0.25) is 4.79 Å². The molecule has 0 radical (unpaired) electrons. The van der Waals surface area contributed by atoms with Crippen LogP contribution >= 0.6 is 16.1 Å². The molecule has 1 aromatic heterocycles. The highest BCUT2D eigenvalue weighted by atomic mass is 79.9. The lowest BCUT2D eigenvalue weighted by Gasteiger charge is -2.22. The molecule has 0 aliphatic rings. The van der Waals surface area contributed by atoms with Gasteiger partial charge in [0.2, 0.25) is 5.91 Å². The summed E-state index contributed by atoms with van der Waals surface area (Å²) in [5.41, 5.74) is -0.416. The predicted octanol–water partition coefficient (Wildman–Crippen LogP) is 2.77. The minimum absolute atomic E-state index is 0.0174. The Balaban J connectivity index is 2.87. The van der Waals surface area contributed by atoms with Gasteiger partial charge in [0.05, 0.1) is 16.1 Å². The van der Waals surface area contributed by atoms with E-state index >= 15 is 0 Å². The molecule has 0 bridgehead atoms. The summed E-state index contributed by atoms with van der Waals surface area (Å²) in [7, 11) is 0. The zero-order chi connectivity index (χ0) is 10.8. The fourth-order valence-electron chi connectivity index (χ4n) is 0.868. The first-order valence-corrected chi connectivity index (χ1v) is 5.05. The molecule has 1 amide bonds. The summed E-state index contributed by atoms with van der Waals surface area (Å²) in [6.07, 6.45) is 1.65. The number of aromatic nitrogens is 1. The zero-order valence-corrected chi connectivity index (χ0v) is 10.1. The van der Waals surface area contributed by atoms with E-state index in [9.17, 15) is 4.79 Å². The third-order valence-corrected chi connectivity index (χ3v) is 2.36. The number of carbonyl (C=O) groups excluding carboxylic acids is 1. The Morgan fingerprint density at radius 2 is 2.07 bits per heavy atom. The standard InChI is InChI=1S/C10H13BrN2O/c1-10(2,3)9(14)13(11)8-6-4-5-7-12-8/h4-7H,1-3H3. The number of amides is 1. The van der Waals surface area contributed by atoms with Gasteiger partial charge in [0.1, 0.15) is 5.82 Å². The van der Waals surface area contributed by atoms with Crippen molar-refractivity contribution in [3.63, 3.8) is 0 Å². The maximum atomic E-state index is 11.8. The first-order valence-electron chi connectivity index (χ1n) is 4.34. The summed E-state index contributed by atoms with van der Waals surface area (Å²) in [6.45, 7) is 5.60. The van der Waals surface area contributed by atoms with E-state index in [1.165, 1.54) is 3.93 Å². The largest absolute Gasteiger partial charge is 0.273 e. The summed E-state index contributed by atoms with van der Waals surface area (Å²) in [5.74, 6) is 0.587. The second kappa shape index (κ2) is 4.09. The number of pyridine rings is 1. The third-order valence-electron chi connectivity index (χ3n) is 1.67. The van der Waals surface area contributed by atoms with E-state index in [0.29, 0.717) is 5.82 Å². The summed E-state index contributed by atoms with van der Waals surface area (Å²) in [6, 6.07) is 5.43. The van der Waals surface area contributed by atoms with E-state index < -0.39 is 5.41 Å². The molecule has 0 aliphatic carbocycles. The Kier molecular flexibility index (Phi) is 3.26. The van der Waals surface area contributed by atoms with Crippen molar-refractivity contribution in [2.24, 2.45) is 5.41 Å². The third kappa shape index (κ3) is 2.54. The zero-order valence-electron chi connectivity index (χ0n) is 8.49. The minimum Gasteiger partial charge on any atom is -0.273 e. The van der Waals surface area contributed by atoms with Gasteiger partial charge in [-0.05, 0) is 12.1 Å². The molecule has 3 nitrogen and oxygen atoms in total. The highest BCUT2D eigenvalue weighted by Crippen LogP contribution is 2.23. The number of nitrogens with zero attached hydrogens (tertiary/aromatic N) is 2. The van der Waals surface area contributed by atoms with E-state index in [1.54, 1.807) is 12.3 Å². The van der Waals surface area contributed by atoms with E-state index in [1.807, 2.05) is 32.9 Å². The normalized spacial score (nSPS) is 11.1. The van der Waals surface area contributed by atoms with Crippen molar-refractivity contribution in [3.8, 4) is 0 Å². The molecule has 0 saturated heterocycles. The fourth-order valence-corrected chi connectivity index (χ4v) is 1.61. The maximum absolute atomic E-state index is 11.8. The number of rotatable bonds is 1. The summed E-state index contributed by atoms with van der Waals surface area (Å²) in [5, 5.41) is 0. The van der Waals surface area contributed by atoms with Crippen molar-refractivity contribution in [1.82, 2.24) is 4.98 Å². The van der Waals surface area contributed by atoms with Gasteiger partial charge in [-0.25, -0.2) is 8.91 Å². The van der Waals surface area contributed by atoms with Crippen LogP contribution in [0.4, 0.5) is 5.82 Å². The quantitative estimate of drug-likeness (QED) is 0.725. The van der Waals surface area contributed by atoms with E-state index in [-0.39, 0.29) is 5.91 Å². The van der Waals surface area contributed by atoms with E-state index in [2.05, 4.69) is 21.1 Å². The van der Waals surface area contributed by atoms with Gasteiger partial charge in [-0.2, -0.15) is 0 Å². The van der Waals surface area contributed by atoms with Crippen molar-refractivity contribution in [1.29, 1.82) is 0 Å². The second-order valence-corrected chi connectivity index (χ2v) is 4.73. The summed E-state index contributed by atoms with van der Waals surface area (Å²) >= 11 is 3.21. The molecular weight excluding hydrogens is 244 g/mol. The lowest BCUT2D eigenvalue weighted by atomic mass is 9.96. The Morgan fingerprint density at radius 3 is 2.50 bits per heavy atom. The summed E-state index contributed by atoms with van der Waals surface area (Å²) < 4.78 is 1.40. The van der Waals surface area contributed by atoms with Gasteiger partial charge in [0.25, 0.3) is 0 Å². The van der Waals surface area contributed by atoms with Crippen LogP contribution in [0.1, 0.15) is 20.8 Å². The number of anilines is 1. The average Bonchev–Trinajstić information content (AvgIpc) is 2.15. The molecule has 0 unspecified atom stereocenters. The van der Waals surface area contributed by atoms with Crippen molar-refractivity contribution < 1.29 is 4.79 Å². The highest BCUT2D eigenvalue weighted by Gasteiger charge is 2.27. The Morgan fingerprint density at radius 1 is 1.43 bits per heavy atom. The SMILES string of the molecule is CC(C)(C)C(=O)N(Br)c1ccccn1. The second-order valence-electron chi connectivity index (χ2n) is 4.02. The molecule has 14 heavy (non-hydrogen) atoms. The van der Waals surface area contributed by atoms with Crippen molar-refractivity contribution in [2.75, 3.05) is 3.93 Å². The number of hydrogen-bond acceptors (Lipinski definition) is 2. The molecule has 1 aromatic rings. The van der Waals surface area contributed by atoms with E-state index in [4.69, 9.17) is 0 Å². The summed E-state index contributed by atoms with van der Waals surface area (Å²) in [4.78, 5) is 15.9. The van der Waals surface area contributed by atoms with Gasteiger partial charge in [-0.15, -0.1) is 0 Å². The molecule has 0 N–H and O–H groups in total. The van der Waals surface area contributed by atoms with Gasteiger partial charge < -0.3 is 0 Å². The van der Waals surface area contributed by atoms with Crippen LogP contribution in [0, 0.1) is 5.41 Å². The van der Waals surface area contributed by atoms with Gasteiger partial charge in [-0.1, -0.05) is 26.8 Å². The Labute approximate surface area is 92.5 Å². The van der Waals surface area contributed by atoms with Crippen molar-refractivity contribution >= 4 is 27.9 Å². The molecule has 0 aromatic carbocycles. The number of carbonyl (C=O) groups is 1. The van der Waals surface area contributed by atoms with Crippen LogP contribution in [0.3, 0.4) is 0 Å². The van der Waals surface area contributed by atoms with Crippen molar-refractivity contribution in [3.05, 3.63) is 24.4 Å². The molecule has 4 heteroatoms. The van der Waals surface area contributed by atoms with Crippen LogP contribution in [-0.2, 0) is 4.79 Å². The number of hydrogen-bond donors (Lipinski definition) is 0. The van der Waals surface area contributed by atoms with Crippen LogP contribution in [-0.4, -0.2) is 10.9 Å². The van der Waals surface area contributed by atoms with E-state index in [0.717, 1.165) is 0 Å². The maximum Gasteiger partial charge on any atom is 0.243 e. The molecule has 0 atom stereocenters.